The van der Waals surface area contributed by atoms with E-state index >= 15 is 0 Å². The summed E-state index contributed by atoms with van der Waals surface area (Å²) in [4.78, 5) is 23.2. The molecular weight excluding hydrogens is 302 g/mol. The number of carboxylic acids is 1. The fourth-order valence-electron chi connectivity index (χ4n) is 2.61. The molecule has 0 unspecified atom stereocenters. The summed E-state index contributed by atoms with van der Waals surface area (Å²) in [5, 5.41) is 10.1. The van der Waals surface area contributed by atoms with Crippen LogP contribution in [0.4, 0.5) is 0 Å². The zero-order valence-corrected chi connectivity index (χ0v) is 13.4. The minimum absolute atomic E-state index is 0.104. The lowest BCUT2D eigenvalue weighted by atomic mass is 10.1. The number of benzene rings is 1. The van der Waals surface area contributed by atoms with E-state index in [9.17, 15) is 9.59 Å². The van der Waals surface area contributed by atoms with Crippen LogP contribution in [-0.2, 0) is 6.54 Å². The predicted octanol–water partition coefficient (Wildman–Crippen LogP) is 4.32. The molecule has 1 N–H and O–H groups in total. The summed E-state index contributed by atoms with van der Waals surface area (Å²) in [6.07, 6.45) is 5.52. The largest absolute Gasteiger partial charge is 0.478 e. The Labute approximate surface area is 134 Å². The Hall–Kier alpha value is -1.81. The lowest BCUT2D eigenvalue weighted by molar-refractivity contribution is 0.0697. The van der Waals surface area contributed by atoms with E-state index in [-0.39, 0.29) is 11.1 Å². The van der Waals surface area contributed by atoms with Crippen molar-refractivity contribution in [1.82, 2.24) is 4.57 Å². The Bertz CT molecular complexity index is 736. The number of carbonyl (C=O) groups is 1. The van der Waals surface area contributed by atoms with Gasteiger partial charge in [0.2, 0.25) is 0 Å². The zero-order chi connectivity index (χ0) is 16.1. The van der Waals surface area contributed by atoms with Gasteiger partial charge in [0.1, 0.15) is 0 Å². The highest BCUT2D eigenvalue weighted by Crippen LogP contribution is 2.25. The summed E-state index contributed by atoms with van der Waals surface area (Å²) in [7, 11) is 0. The number of aromatic carboxylic acids is 1. The third-order valence-corrected chi connectivity index (χ3v) is 4.05. The Morgan fingerprint density at radius 2 is 1.91 bits per heavy atom. The van der Waals surface area contributed by atoms with E-state index < -0.39 is 5.97 Å². The quantitative estimate of drug-likeness (QED) is 0.772. The van der Waals surface area contributed by atoms with Gasteiger partial charge in [-0.25, -0.2) is 4.79 Å². The van der Waals surface area contributed by atoms with Crippen molar-refractivity contribution in [2.45, 2.75) is 45.6 Å². The van der Waals surface area contributed by atoms with Gasteiger partial charge in [-0.05, 0) is 24.6 Å². The summed E-state index contributed by atoms with van der Waals surface area (Å²) < 4.78 is 1.65. The third-order valence-electron chi connectivity index (χ3n) is 3.77. The maximum absolute atomic E-state index is 12.1. The Morgan fingerprint density at radius 3 is 2.59 bits per heavy atom. The first-order chi connectivity index (χ1) is 10.5. The molecule has 0 aliphatic rings. The van der Waals surface area contributed by atoms with Crippen LogP contribution in [0.3, 0.4) is 0 Å². The lowest BCUT2D eigenvalue weighted by Gasteiger charge is -2.12. The van der Waals surface area contributed by atoms with Crippen molar-refractivity contribution >= 4 is 28.5 Å². The summed E-state index contributed by atoms with van der Waals surface area (Å²) in [6.45, 7) is 2.76. The van der Waals surface area contributed by atoms with Crippen LogP contribution in [0.5, 0.6) is 0 Å². The predicted molar refractivity (Wildman–Crippen MR) is 88.9 cm³/mol. The average molecular weight is 322 g/mol. The average Bonchev–Trinajstić information content (AvgIpc) is 2.48. The van der Waals surface area contributed by atoms with Gasteiger partial charge < -0.3 is 9.67 Å². The minimum Gasteiger partial charge on any atom is -0.478 e. The second-order valence-corrected chi connectivity index (χ2v) is 5.85. The maximum atomic E-state index is 12.1. The molecule has 118 valence electrons. The number of pyridine rings is 1. The van der Waals surface area contributed by atoms with Gasteiger partial charge in [-0.15, -0.1) is 0 Å². The van der Waals surface area contributed by atoms with Gasteiger partial charge >= 0.3 is 5.97 Å². The molecule has 4 nitrogen and oxygen atoms in total. The highest BCUT2D eigenvalue weighted by Gasteiger charge is 2.12. The second-order valence-electron chi connectivity index (χ2n) is 5.44. The highest BCUT2D eigenvalue weighted by molar-refractivity contribution is 6.35. The first kappa shape index (κ1) is 16.6. The summed E-state index contributed by atoms with van der Waals surface area (Å²) in [6, 6.07) is 6.05. The van der Waals surface area contributed by atoms with Crippen LogP contribution in [0.2, 0.25) is 5.02 Å². The van der Waals surface area contributed by atoms with Crippen molar-refractivity contribution in [1.29, 1.82) is 0 Å². The van der Waals surface area contributed by atoms with Crippen LogP contribution in [0.15, 0.2) is 29.1 Å². The van der Waals surface area contributed by atoms with Crippen LogP contribution in [0, 0.1) is 0 Å². The third kappa shape index (κ3) is 3.69. The molecule has 0 bridgehead atoms. The lowest BCUT2D eigenvalue weighted by Crippen LogP contribution is -2.20. The van der Waals surface area contributed by atoms with Gasteiger partial charge in [0.25, 0.3) is 5.56 Å². The van der Waals surface area contributed by atoms with Crippen LogP contribution >= 0.6 is 11.6 Å². The molecule has 5 heteroatoms. The van der Waals surface area contributed by atoms with E-state index in [0.29, 0.717) is 22.5 Å². The van der Waals surface area contributed by atoms with Crippen molar-refractivity contribution in [3.63, 3.8) is 0 Å². The number of carboxylic acid groups (broad SMARTS) is 1. The number of aryl methyl sites for hydroxylation is 1. The van der Waals surface area contributed by atoms with Crippen molar-refractivity contribution < 1.29 is 9.90 Å². The van der Waals surface area contributed by atoms with E-state index in [1.54, 1.807) is 16.7 Å². The molecule has 22 heavy (non-hydrogen) atoms. The number of unbranched alkanes of at least 4 members (excludes halogenated alkanes) is 4. The molecular formula is C17H20ClNO3. The van der Waals surface area contributed by atoms with Gasteiger partial charge in [0.05, 0.1) is 16.1 Å². The molecule has 0 saturated carbocycles. The number of rotatable bonds is 7. The fraction of sp³-hybridized carbons (Fsp3) is 0.412. The van der Waals surface area contributed by atoms with Gasteiger partial charge in [0, 0.05) is 18.0 Å². The summed E-state index contributed by atoms with van der Waals surface area (Å²) in [5.74, 6) is -1.03. The minimum atomic E-state index is -1.03. The first-order valence-electron chi connectivity index (χ1n) is 7.61. The van der Waals surface area contributed by atoms with Crippen LogP contribution in [0.1, 0.15) is 49.4 Å². The monoisotopic (exact) mass is 321 g/mol. The normalized spacial score (nSPS) is 11.0. The fourth-order valence-corrected chi connectivity index (χ4v) is 2.94. The maximum Gasteiger partial charge on any atom is 0.335 e. The van der Waals surface area contributed by atoms with E-state index in [0.717, 1.165) is 19.3 Å². The van der Waals surface area contributed by atoms with E-state index in [1.807, 2.05) is 0 Å². The standard InChI is InChI=1S/C17H20ClNO3/c1-2-3-4-5-6-9-19-15(20)8-7-12-10-13(17(21)22)11-14(18)16(12)19/h7-8,10-11H,2-6,9H2,1H3,(H,21,22). The SMILES string of the molecule is CCCCCCCn1c(=O)ccc2cc(C(=O)O)cc(Cl)c21. The molecule has 0 aliphatic carbocycles. The molecule has 0 saturated heterocycles. The molecule has 1 heterocycles. The van der Waals surface area contributed by atoms with Crippen LogP contribution in [-0.4, -0.2) is 15.6 Å². The van der Waals surface area contributed by atoms with Crippen molar-refractivity contribution in [2.75, 3.05) is 0 Å². The first-order valence-corrected chi connectivity index (χ1v) is 7.98. The summed E-state index contributed by atoms with van der Waals surface area (Å²) >= 11 is 6.22. The number of halogens is 1. The number of fused-ring (bicyclic) bond motifs is 1. The molecule has 2 aromatic rings. The van der Waals surface area contributed by atoms with E-state index in [1.165, 1.54) is 25.0 Å². The Balaban J connectivity index is 2.34. The topological polar surface area (TPSA) is 59.3 Å². The molecule has 0 amide bonds. The van der Waals surface area contributed by atoms with Crippen molar-refractivity contribution in [3.8, 4) is 0 Å². The van der Waals surface area contributed by atoms with E-state index in [2.05, 4.69) is 6.92 Å². The number of hydrogen-bond donors (Lipinski definition) is 1. The molecule has 1 aromatic heterocycles. The van der Waals surface area contributed by atoms with Crippen LogP contribution < -0.4 is 5.56 Å². The van der Waals surface area contributed by atoms with Crippen LogP contribution in [0.25, 0.3) is 10.9 Å². The van der Waals surface area contributed by atoms with Gasteiger partial charge in [-0.2, -0.15) is 0 Å². The van der Waals surface area contributed by atoms with Gasteiger partial charge in [0.15, 0.2) is 0 Å². The Morgan fingerprint density at radius 1 is 1.18 bits per heavy atom. The molecule has 0 atom stereocenters. The highest BCUT2D eigenvalue weighted by atomic mass is 35.5. The Kier molecular flexibility index (Phi) is 5.61. The molecule has 0 radical (unpaired) electrons. The zero-order valence-electron chi connectivity index (χ0n) is 12.6. The molecule has 1 aromatic carbocycles. The molecule has 0 aliphatic heterocycles. The van der Waals surface area contributed by atoms with Crippen molar-refractivity contribution in [3.05, 3.63) is 45.2 Å². The number of nitrogens with zero attached hydrogens (tertiary/aromatic N) is 1. The van der Waals surface area contributed by atoms with E-state index in [4.69, 9.17) is 16.7 Å². The molecule has 2 rings (SSSR count). The summed E-state index contributed by atoms with van der Waals surface area (Å²) in [5.41, 5.74) is 0.647. The molecule has 0 fully saturated rings. The molecule has 0 spiro atoms. The van der Waals surface area contributed by atoms with Gasteiger partial charge in [-0.1, -0.05) is 44.2 Å². The number of aromatic nitrogens is 1. The van der Waals surface area contributed by atoms with Gasteiger partial charge in [-0.3, -0.25) is 4.79 Å². The number of hydrogen-bond acceptors (Lipinski definition) is 2. The second kappa shape index (κ2) is 7.45. The smallest absolute Gasteiger partial charge is 0.335 e. The van der Waals surface area contributed by atoms with Crippen molar-refractivity contribution in [2.24, 2.45) is 0 Å².